The molecule has 6 heteroatoms. The lowest BCUT2D eigenvalue weighted by molar-refractivity contribution is 0.192. The maximum atomic E-state index is 10.2. The summed E-state index contributed by atoms with van der Waals surface area (Å²) >= 11 is 24.0. The van der Waals surface area contributed by atoms with Crippen LogP contribution < -0.4 is 5.32 Å². The van der Waals surface area contributed by atoms with Crippen molar-refractivity contribution in [3.05, 3.63) is 62.1 Å². The third-order valence-electron chi connectivity index (χ3n) is 2.75. The van der Waals surface area contributed by atoms with Crippen molar-refractivity contribution in [1.82, 2.24) is 0 Å². The molecule has 1 unspecified atom stereocenters. The summed E-state index contributed by atoms with van der Waals surface area (Å²) in [6.45, 7) is 0.212. The fourth-order valence-corrected chi connectivity index (χ4v) is 2.70. The highest BCUT2D eigenvalue weighted by atomic mass is 35.5. The van der Waals surface area contributed by atoms with Gasteiger partial charge in [0.2, 0.25) is 0 Å². The van der Waals surface area contributed by atoms with E-state index < -0.39 is 6.10 Å². The molecular formula is C14H11Cl4NO. The molecule has 0 aliphatic carbocycles. The van der Waals surface area contributed by atoms with Crippen LogP contribution in [-0.2, 0) is 0 Å². The minimum absolute atomic E-state index is 0.212. The number of halogens is 4. The first-order valence-corrected chi connectivity index (χ1v) is 7.31. The molecule has 2 rings (SSSR count). The van der Waals surface area contributed by atoms with Gasteiger partial charge in [-0.3, -0.25) is 0 Å². The Kier molecular flexibility index (Phi) is 5.42. The van der Waals surface area contributed by atoms with Crippen LogP contribution >= 0.6 is 46.4 Å². The minimum atomic E-state index is -0.825. The highest BCUT2D eigenvalue weighted by Crippen LogP contribution is 2.31. The first kappa shape index (κ1) is 15.7. The molecule has 20 heavy (non-hydrogen) atoms. The smallest absolute Gasteiger partial charge is 0.0977 e. The molecule has 2 N–H and O–H groups in total. The average Bonchev–Trinajstić information content (AvgIpc) is 2.40. The second kappa shape index (κ2) is 6.88. The molecule has 0 amide bonds. The van der Waals surface area contributed by atoms with Gasteiger partial charge in [0, 0.05) is 22.2 Å². The van der Waals surface area contributed by atoms with Gasteiger partial charge in [0.25, 0.3) is 0 Å². The molecule has 0 fully saturated rings. The van der Waals surface area contributed by atoms with Gasteiger partial charge >= 0.3 is 0 Å². The van der Waals surface area contributed by atoms with Crippen molar-refractivity contribution in [1.29, 1.82) is 0 Å². The zero-order valence-corrected chi connectivity index (χ0v) is 13.2. The maximum absolute atomic E-state index is 10.2. The Balaban J connectivity index is 2.13. The lowest BCUT2D eigenvalue weighted by Crippen LogP contribution is -2.13. The van der Waals surface area contributed by atoms with E-state index in [9.17, 15) is 5.11 Å². The van der Waals surface area contributed by atoms with Gasteiger partial charge in [0.1, 0.15) is 0 Å². The summed E-state index contributed by atoms with van der Waals surface area (Å²) in [6.07, 6.45) is -0.825. The Labute approximate surface area is 137 Å². The zero-order valence-electron chi connectivity index (χ0n) is 10.2. The van der Waals surface area contributed by atoms with Crippen LogP contribution in [0.5, 0.6) is 0 Å². The number of aliphatic hydroxyl groups excluding tert-OH is 1. The van der Waals surface area contributed by atoms with Crippen LogP contribution in [0.15, 0.2) is 36.4 Å². The molecule has 2 nitrogen and oxygen atoms in total. The number of benzene rings is 2. The second-order valence-electron chi connectivity index (χ2n) is 4.16. The van der Waals surface area contributed by atoms with E-state index in [0.717, 1.165) is 0 Å². The molecule has 0 saturated heterocycles. The number of hydrogen-bond donors (Lipinski definition) is 2. The zero-order chi connectivity index (χ0) is 14.7. The Morgan fingerprint density at radius 1 is 0.950 bits per heavy atom. The maximum Gasteiger partial charge on any atom is 0.0977 e. The monoisotopic (exact) mass is 349 g/mol. The molecule has 2 aromatic rings. The number of anilines is 1. The van der Waals surface area contributed by atoms with Crippen LogP contribution in [0.2, 0.25) is 20.1 Å². The predicted octanol–water partition coefficient (Wildman–Crippen LogP) is 5.45. The molecular weight excluding hydrogens is 340 g/mol. The van der Waals surface area contributed by atoms with E-state index in [2.05, 4.69) is 5.32 Å². The fraction of sp³-hybridized carbons (Fsp3) is 0.143. The minimum Gasteiger partial charge on any atom is -0.387 e. The quantitative estimate of drug-likeness (QED) is 0.768. The van der Waals surface area contributed by atoms with Crippen molar-refractivity contribution in [2.45, 2.75) is 6.10 Å². The van der Waals surface area contributed by atoms with Crippen LogP contribution in [0.25, 0.3) is 0 Å². The summed E-state index contributed by atoms with van der Waals surface area (Å²) in [5, 5.41) is 15.1. The third-order valence-corrected chi connectivity index (χ3v) is 3.96. The number of hydrogen-bond acceptors (Lipinski definition) is 2. The van der Waals surface area contributed by atoms with Crippen LogP contribution in [0.1, 0.15) is 11.7 Å². The summed E-state index contributed by atoms with van der Waals surface area (Å²) in [5.74, 6) is 0. The van der Waals surface area contributed by atoms with Gasteiger partial charge in [-0.15, -0.1) is 0 Å². The van der Waals surface area contributed by atoms with E-state index in [1.165, 1.54) is 0 Å². The lowest BCUT2D eigenvalue weighted by atomic mass is 10.1. The normalized spacial score (nSPS) is 12.2. The number of aliphatic hydroxyl groups is 1. The van der Waals surface area contributed by atoms with Gasteiger partial charge < -0.3 is 10.4 Å². The van der Waals surface area contributed by atoms with Crippen molar-refractivity contribution in [3.63, 3.8) is 0 Å². The van der Waals surface area contributed by atoms with E-state index in [1.54, 1.807) is 36.4 Å². The first-order valence-electron chi connectivity index (χ1n) is 5.80. The van der Waals surface area contributed by atoms with E-state index in [4.69, 9.17) is 46.4 Å². The molecule has 1 atom stereocenters. The van der Waals surface area contributed by atoms with Crippen LogP contribution in [0.3, 0.4) is 0 Å². The van der Waals surface area contributed by atoms with Crippen molar-refractivity contribution in [2.75, 3.05) is 11.9 Å². The Morgan fingerprint density at radius 3 is 2.25 bits per heavy atom. The molecule has 0 heterocycles. The lowest BCUT2D eigenvalue weighted by Gasteiger charge is -2.16. The fourth-order valence-electron chi connectivity index (χ4n) is 1.75. The topological polar surface area (TPSA) is 32.3 Å². The molecule has 0 aromatic heterocycles. The third kappa shape index (κ3) is 3.72. The van der Waals surface area contributed by atoms with Crippen molar-refractivity contribution >= 4 is 52.1 Å². The molecule has 2 aromatic carbocycles. The van der Waals surface area contributed by atoms with Crippen molar-refractivity contribution < 1.29 is 5.11 Å². The van der Waals surface area contributed by atoms with Gasteiger partial charge in [-0.25, -0.2) is 0 Å². The summed E-state index contributed by atoms with van der Waals surface area (Å²) in [5.41, 5.74) is 1.13. The first-order chi connectivity index (χ1) is 9.49. The van der Waals surface area contributed by atoms with Gasteiger partial charge in [-0.1, -0.05) is 52.5 Å². The predicted molar refractivity (Wildman–Crippen MR) is 86.4 cm³/mol. The van der Waals surface area contributed by atoms with Crippen LogP contribution in [0.4, 0.5) is 5.69 Å². The highest BCUT2D eigenvalue weighted by molar-refractivity contribution is 6.39. The van der Waals surface area contributed by atoms with Crippen molar-refractivity contribution in [2.24, 2.45) is 0 Å². The number of rotatable bonds is 4. The van der Waals surface area contributed by atoms with Crippen molar-refractivity contribution in [3.8, 4) is 0 Å². The SMILES string of the molecule is OC(CNc1c(Cl)cccc1Cl)c1cc(Cl)ccc1Cl. The number of para-hydroxylation sites is 1. The largest absolute Gasteiger partial charge is 0.387 e. The summed E-state index contributed by atoms with van der Waals surface area (Å²) in [7, 11) is 0. The molecule has 0 spiro atoms. The average molecular weight is 351 g/mol. The standard InChI is InChI=1S/C14H11Cl4NO/c15-8-4-5-10(16)9(6-8)13(20)7-19-14-11(17)2-1-3-12(14)18/h1-6,13,19-20H,7H2. The second-order valence-corrected chi connectivity index (χ2v) is 5.82. The molecule has 0 aliphatic rings. The van der Waals surface area contributed by atoms with E-state index in [-0.39, 0.29) is 6.54 Å². The summed E-state index contributed by atoms with van der Waals surface area (Å²) < 4.78 is 0. The Hall–Kier alpha value is -0.640. The Bertz CT molecular complexity index is 598. The molecule has 0 radical (unpaired) electrons. The van der Waals surface area contributed by atoms with Crippen LogP contribution in [0, 0.1) is 0 Å². The van der Waals surface area contributed by atoms with E-state index in [0.29, 0.717) is 31.3 Å². The molecule has 0 aliphatic heterocycles. The van der Waals surface area contributed by atoms with Gasteiger partial charge in [0.15, 0.2) is 0 Å². The van der Waals surface area contributed by atoms with Gasteiger partial charge in [-0.2, -0.15) is 0 Å². The number of nitrogens with one attached hydrogen (secondary N) is 1. The van der Waals surface area contributed by atoms with Gasteiger partial charge in [0.05, 0.1) is 21.8 Å². The van der Waals surface area contributed by atoms with E-state index in [1.807, 2.05) is 0 Å². The van der Waals surface area contributed by atoms with Gasteiger partial charge in [-0.05, 0) is 30.3 Å². The van der Waals surface area contributed by atoms with Crippen LogP contribution in [-0.4, -0.2) is 11.7 Å². The molecule has 106 valence electrons. The van der Waals surface area contributed by atoms with E-state index >= 15 is 0 Å². The highest BCUT2D eigenvalue weighted by Gasteiger charge is 2.13. The molecule has 0 bridgehead atoms. The summed E-state index contributed by atoms with van der Waals surface area (Å²) in [6, 6.07) is 10.1. The Morgan fingerprint density at radius 2 is 1.60 bits per heavy atom. The molecule has 0 saturated carbocycles. The summed E-state index contributed by atoms with van der Waals surface area (Å²) in [4.78, 5) is 0.